The molecule has 0 bridgehead atoms. The highest BCUT2D eigenvalue weighted by Crippen LogP contribution is 2.29. The molecule has 0 unspecified atom stereocenters. The van der Waals surface area contributed by atoms with E-state index in [-0.39, 0.29) is 22.0 Å². The Morgan fingerprint density at radius 2 is 1.80 bits per heavy atom. The smallest absolute Gasteiger partial charge is 0.276 e. The van der Waals surface area contributed by atoms with E-state index in [0.29, 0.717) is 23.9 Å². The van der Waals surface area contributed by atoms with Crippen LogP contribution in [0.4, 0.5) is 5.69 Å². The van der Waals surface area contributed by atoms with Gasteiger partial charge in [0.2, 0.25) is 10.0 Å². The van der Waals surface area contributed by atoms with Gasteiger partial charge in [0.1, 0.15) is 5.75 Å². The molecule has 3 rings (SSSR count). The second kappa shape index (κ2) is 8.64. The van der Waals surface area contributed by atoms with Crippen LogP contribution in [0.5, 0.6) is 5.75 Å². The van der Waals surface area contributed by atoms with Gasteiger partial charge >= 0.3 is 0 Å². The Kier molecular flexibility index (Phi) is 6.18. The maximum atomic E-state index is 12.9. The normalized spacial score (nSPS) is 11.6. The van der Waals surface area contributed by atoms with Crippen molar-refractivity contribution in [2.24, 2.45) is 0 Å². The van der Waals surface area contributed by atoms with Crippen molar-refractivity contribution >= 4 is 32.4 Å². The lowest BCUT2D eigenvalue weighted by Gasteiger charge is -2.19. The number of carbonyl (C=O) groups excluding carboxylic acids is 1. The number of anilines is 1. The predicted octanol–water partition coefficient (Wildman–Crippen LogP) is 2.21. The Labute approximate surface area is 173 Å². The minimum Gasteiger partial charge on any atom is -0.495 e. The fraction of sp³-hybridized carbons (Fsp3) is 0.250. The molecule has 1 amide bonds. The van der Waals surface area contributed by atoms with Gasteiger partial charge in [0, 0.05) is 18.5 Å². The molecular weight excluding hydrogens is 408 g/mol. The number of carbonyl (C=O) groups is 1. The first kappa shape index (κ1) is 21.5. The van der Waals surface area contributed by atoms with Crippen LogP contribution in [0, 0.1) is 0 Å². The largest absolute Gasteiger partial charge is 0.495 e. The molecule has 9 nitrogen and oxygen atoms in total. The first-order valence-corrected chi connectivity index (χ1v) is 10.7. The van der Waals surface area contributed by atoms with E-state index in [1.54, 1.807) is 38.1 Å². The Balaban J connectivity index is 2.04. The minimum atomic E-state index is -3.73. The second-order valence-corrected chi connectivity index (χ2v) is 8.29. The summed E-state index contributed by atoms with van der Waals surface area (Å²) in [7, 11) is -2.31. The molecule has 1 aromatic heterocycles. The molecule has 0 fully saturated rings. The molecule has 0 saturated carbocycles. The molecular formula is C20H22N4O5S. The van der Waals surface area contributed by atoms with Crippen LogP contribution < -0.4 is 15.6 Å². The van der Waals surface area contributed by atoms with Crippen LogP contribution in [-0.2, 0) is 10.0 Å². The van der Waals surface area contributed by atoms with E-state index in [0.717, 1.165) is 0 Å². The Morgan fingerprint density at radius 1 is 1.13 bits per heavy atom. The average Bonchev–Trinajstić information content (AvgIpc) is 2.74. The molecule has 0 saturated heterocycles. The molecule has 0 atom stereocenters. The van der Waals surface area contributed by atoms with E-state index < -0.39 is 21.5 Å². The van der Waals surface area contributed by atoms with Crippen molar-refractivity contribution in [1.82, 2.24) is 14.5 Å². The molecule has 0 aliphatic heterocycles. The number of nitrogens with one attached hydrogen (secondary N) is 2. The van der Waals surface area contributed by atoms with Gasteiger partial charge in [-0.1, -0.05) is 32.0 Å². The standard InChI is InChI=1S/C20H22N4O5S/c1-4-24(5-2)30(27,28)13-10-11-17(29-3)16(12-13)21-20(26)18-14-8-6-7-9-15(14)19(25)23-22-18/h6-12H,4-5H2,1-3H3,(H,21,26)(H,23,25). The number of fused-ring (bicyclic) bond motifs is 1. The molecule has 0 spiro atoms. The number of H-pyrrole nitrogens is 1. The number of amides is 1. The second-order valence-electron chi connectivity index (χ2n) is 6.35. The van der Waals surface area contributed by atoms with Gasteiger partial charge in [0.15, 0.2) is 5.69 Å². The molecule has 3 aromatic rings. The van der Waals surface area contributed by atoms with Crippen molar-refractivity contribution in [2.45, 2.75) is 18.7 Å². The maximum absolute atomic E-state index is 12.9. The fourth-order valence-corrected chi connectivity index (χ4v) is 4.61. The summed E-state index contributed by atoms with van der Waals surface area (Å²) < 4.78 is 32.3. The zero-order valence-corrected chi connectivity index (χ0v) is 17.6. The van der Waals surface area contributed by atoms with Crippen LogP contribution in [0.1, 0.15) is 24.3 Å². The molecule has 30 heavy (non-hydrogen) atoms. The van der Waals surface area contributed by atoms with Gasteiger partial charge in [-0.15, -0.1) is 0 Å². The van der Waals surface area contributed by atoms with Crippen LogP contribution in [0.2, 0.25) is 0 Å². The van der Waals surface area contributed by atoms with E-state index in [9.17, 15) is 18.0 Å². The first-order chi connectivity index (χ1) is 14.3. The lowest BCUT2D eigenvalue weighted by atomic mass is 10.1. The van der Waals surface area contributed by atoms with E-state index in [4.69, 9.17) is 4.74 Å². The number of aromatic nitrogens is 2. The monoisotopic (exact) mass is 430 g/mol. The Morgan fingerprint density at radius 3 is 2.43 bits per heavy atom. The molecule has 0 aliphatic carbocycles. The SMILES string of the molecule is CCN(CC)S(=O)(=O)c1ccc(OC)c(NC(=O)c2n[nH]c(=O)c3ccccc23)c1. The zero-order valence-electron chi connectivity index (χ0n) is 16.8. The van der Waals surface area contributed by atoms with E-state index >= 15 is 0 Å². The number of methoxy groups -OCH3 is 1. The predicted molar refractivity (Wildman–Crippen MR) is 113 cm³/mol. The third kappa shape index (κ3) is 3.91. The number of nitrogens with zero attached hydrogens (tertiary/aromatic N) is 2. The number of ether oxygens (including phenoxy) is 1. The summed E-state index contributed by atoms with van der Waals surface area (Å²) in [5, 5.41) is 9.52. The van der Waals surface area contributed by atoms with Crippen molar-refractivity contribution in [3.63, 3.8) is 0 Å². The number of rotatable bonds is 7. The van der Waals surface area contributed by atoms with Gasteiger partial charge in [-0.25, -0.2) is 13.5 Å². The summed E-state index contributed by atoms with van der Waals surface area (Å²) in [6.45, 7) is 4.14. The van der Waals surface area contributed by atoms with Gasteiger partial charge in [0.05, 0.1) is 23.1 Å². The van der Waals surface area contributed by atoms with Crippen LogP contribution in [-0.4, -0.2) is 49.0 Å². The zero-order chi connectivity index (χ0) is 21.9. The number of aromatic amines is 1. The van der Waals surface area contributed by atoms with E-state index in [1.165, 1.54) is 29.6 Å². The maximum Gasteiger partial charge on any atom is 0.276 e. The van der Waals surface area contributed by atoms with Crippen molar-refractivity contribution in [3.8, 4) is 5.75 Å². The molecule has 2 N–H and O–H groups in total. The molecule has 0 aliphatic rings. The molecule has 10 heteroatoms. The average molecular weight is 430 g/mol. The van der Waals surface area contributed by atoms with E-state index in [1.807, 2.05) is 0 Å². The lowest BCUT2D eigenvalue weighted by Crippen LogP contribution is -2.30. The van der Waals surface area contributed by atoms with Gasteiger partial charge in [-0.3, -0.25) is 9.59 Å². The number of benzene rings is 2. The lowest BCUT2D eigenvalue weighted by molar-refractivity contribution is 0.102. The van der Waals surface area contributed by atoms with Crippen LogP contribution in [0.3, 0.4) is 0 Å². The van der Waals surface area contributed by atoms with Crippen molar-refractivity contribution in [2.75, 3.05) is 25.5 Å². The number of hydrogen-bond acceptors (Lipinski definition) is 6. The summed E-state index contributed by atoms with van der Waals surface area (Å²) in [4.78, 5) is 24.9. The molecule has 0 radical (unpaired) electrons. The molecule has 2 aromatic carbocycles. The van der Waals surface area contributed by atoms with Gasteiger partial charge in [-0.05, 0) is 24.3 Å². The van der Waals surface area contributed by atoms with Crippen LogP contribution >= 0.6 is 0 Å². The number of hydrogen-bond donors (Lipinski definition) is 2. The van der Waals surface area contributed by atoms with Crippen LogP contribution in [0.15, 0.2) is 52.2 Å². The van der Waals surface area contributed by atoms with Crippen molar-refractivity contribution < 1.29 is 17.9 Å². The van der Waals surface area contributed by atoms with Crippen molar-refractivity contribution in [1.29, 1.82) is 0 Å². The molecule has 158 valence electrons. The summed E-state index contributed by atoms with van der Waals surface area (Å²) in [5.41, 5.74) is -0.232. The summed E-state index contributed by atoms with van der Waals surface area (Å²) in [6.07, 6.45) is 0. The number of sulfonamides is 1. The summed E-state index contributed by atoms with van der Waals surface area (Å²) >= 11 is 0. The highest BCUT2D eigenvalue weighted by molar-refractivity contribution is 7.89. The van der Waals surface area contributed by atoms with Gasteiger partial charge < -0.3 is 10.1 Å². The fourth-order valence-electron chi connectivity index (χ4n) is 3.13. The van der Waals surface area contributed by atoms with Gasteiger partial charge in [0.25, 0.3) is 11.5 Å². The third-order valence-electron chi connectivity index (χ3n) is 4.67. The quantitative estimate of drug-likeness (QED) is 0.593. The Bertz CT molecular complexity index is 1250. The Hall–Kier alpha value is -3.24. The topological polar surface area (TPSA) is 121 Å². The molecule has 1 heterocycles. The third-order valence-corrected chi connectivity index (χ3v) is 6.72. The van der Waals surface area contributed by atoms with E-state index in [2.05, 4.69) is 15.5 Å². The van der Waals surface area contributed by atoms with Gasteiger partial charge in [-0.2, -0.15) is 9.40 Å². The highest BCUT2D eigenvalue weighted by atomic mass is 32.2. The summed E-state index contributed by atoms with van der Waals surface area (Å²) in [6, 6.07) is 10.8. The van der Waals surface area contributed by atoms with Crippen molar-refractivity contribution in [3.05, 3.63) is 58.5 Å². The van der Waals surface area contributed by atoms with Crippen LogP contribution in [0.25, 0.3) is 10.8 Å². The first-order valence-electron chi connectivity index (χ1n) is 9.30. The summed E-state index contributed by atoms with van der Waals surface area (Å²) in [5.74, 6) is -0.325. The highest BCUT2D eigenvalue weighted by Gasteiger charge is 2.24. The minimum absolute atomic E-state index is 0.00394.